The Labute approximate surface area is 136 Å². The number of aromatic nitrogens is 1. The lowest BCUT2D eigenvalue weighted by molar-refractivity contribution is 0.0330. The maximum atomic E-state index is 12.9. The fourth-order valence-corrected chi connectivity index (χ4v) is 2.79. The minimum Gasteiger partial charge on any atom is -0.396 e. The highest BCUT2D eigenvalue weighted by Gasteiger charge is 2.27. The van der Waals surface area contributed by atoms with Crippen LogP contribution in [0.25, 0.3) is 10.9 Å². The summed E-state index contributed by atoms with van der Waals surface area (Å²) in [5, 5.41) is 19.4. The molecule has 3 nitrogen and oxygen atoms in total. The summed E-state index contributed by atoms with van der Waals surface area (Å²) >= 11 is 3.38. The molecular weight excluding hydrogens is 354 g/mol. The van der Waals surface area contributed by atoms with E-state index in [0.717, 1.165) is 20.9 Å². The van der Waals surface area contributed by atoms with Crippen molar-refractivity contribution in [2.24, 2.45) is 5.92 Å². The Bertz CT molecular complexity index is 719. The van der Waals surface area contributed by atoms with Crippen LogP contribution in [-0.4, -0.2) is 22.7 Å². The van der Waals surface area contributed by atoms with E-state index in [-0.39, 0.29) is 6.54 Å². The average molecular weight is 371 g/mol. The number of halogens is 3. The van der Waals surface area contributed by atoms with Gasteiger partial charge in [-0.05, 0) is 31.5 Å². The topological polar surface area (TPSA) is 49.0 Å². The predicted octanol–water partition coefficient (Wildman–Crippen LogP) is 4.08. The molecule has 1 unspecified atom stereocenters. The molecule has 0 aliphatic rings. The van der Waals surface area contributed by atoms with Crippen LogP contribution in [-0.2, 0) is 12.0 Å². The summed E-state index contributed by atoms with van der Waals surface area (Å²) in [5.41, 5.74) is 0.840. The molecule has 22 heavy (non-hydrogen) atoms. The molecule has 6 heteroatoms. The van der Waals surface area contributed by atoms with E-state index >= 15 is 0 Å². The monoisotopic (exact) mass is 370 g/mol. The molecule has 1 aromatic heterocycles. The third kappa shape index (κ3) is 3.16. The first-order chi connectivity index (χ1) is 10.3. The van der Waals surface area contributed by atoms with Crippen molar-refractivity contribution in [2.75, 3.05) is 6.61 Å². The van der Waals surface area contributed by atoms with Gasteiger partial charge in [0, 0.05) is 28.1 Å². The first-order valence-corrected chi connectivity index (χ1v) is 7.68. The lowest BCUT2D eigenvalue weighted by Crippen LogP contribution is -2.22. The van der Waals surface area contributed by atoms with Crippen molar-refractivity contribution in [1.29, 1.82) is 5.26 Å². The van der Waals surface area contributed by atoms with E-state index in [9.17, 15) is 14.0 Å². The highest BCUT2D eigenvalue weighted by Crippen LogP contribution is 2.34. The number of alkyl halides is 2. The van der Waals surface area contributed by atoms with Crippen LogP contribution in [0.3, 0.4) is 0 Å². The Hall–Kier alpha value is -1.45. The van der Waals surface area contributed by atoms with Crippen molar-refractivity contribution in [2.45, 2.75) is 32.2 Å². The van der Waals surface area contributed by atoms with Gasteiger partial charge >= 0.3 is 0 Å². The van der Waals surface area contributed by atoms with Crippen LogP contribution in [0.5, 0.6) is 0 Å². The number of aliphatic hydroxyl groups excluding tert-OH is 1. The van der Waals surface area contributed by atoms with Crippen LogP contribution in [0.2, 0.25) is 0 Å². The van der Waals surface area contributed by atoms with Crippen molar-refractivity contribution in [3.8, 4) is 6.07 Å². The van der Waals surface area contributed by atoms with E-state index < -0.39 is 24.4 Å². The molecule has 2 rings (SSSR count). The number of hydrogen-bond donors (Lipinski definition) is 1. The van der Waals surface area contributed by atoms with Crippen LogP contribution in [0.1, 0.15) is 19.4 Å². The third-order valence-electron chi connectivity index (χ3n) is 3.82. The van der Waals surface area contributed by atoms with Gasteiger partial charge in [-0.1, -0.05) is 22.0 Å². The molecule has 0 aliphatic carbocycles. The molecule has 0 saturated heterocycles. The summed E-state index contributed by atoms with van der Waals surface area (Å²) in [6.45, 7) is 3.01. The van der Waals surface area contributed by atoms with Crippen molar-refractivity contribution in [3.05, 3.63) is 34.4 Å². The zero-order valence-electron chi connectivity index (χ0n) is 12.4. The van der Waals surface area contributed by atoms with Gasteiger partial charge in [0.2, 0.25) is 6.43 Å². The molecule has 0 radical (unpaired) electrons. The maximum Gasteiger partial charge on any atom is 0.245 e. The second kappa shape index (κ2) is 6.35. The van der Waals surface area contributed by atoms with Gasteiger partial charge in [0.05, 0.1) is 24.0 Å². The highest BCUT2D eigenvalue weighted by molar-refractivity contribution is 9.10. The summed E-state index contributed by atoms with van der Waals surface area (Å²) in [5.74, 6) is -1.13. The van der Waals surface area contributed by atoms with Crippen LogP contribution >= 0.6 is 15.9 Å². The first-order valence-electron chi connectivity index (χ1n) is 6.89. The minimum absolute atomic E-state index is 0.00261. The largest absolute Gasteiger partial charge is 0.396 e. The number of aliphatic hydroxyl groups is 1. The summed E-state index contributed by atoms with van der Waals surface area (Å²) in [6.07, 6.45) is -0.854. The minimum atomic E-state index is -2.60. The second-order valence-electron chi connectivity index (χ2n) is 5.87. The quantitative estimate of drug-likeness (QED) is 0.861. The number of nitriles is 1. The Balaban J connectivity index is 2.60. The highest BCUT2D eigenvalue weighted by atomic mass is 79.9. The number of fused-ring (bicyclic) bond motifs is 1. The van der Waals surface area contributed by atoms with Crippen LogP contribution in [0.4, 0.5) is 8.78 Å². The van der Waals surface area contributed by atoms with Crippen molar-refractivity contribution < 1.29 is 13.9 Å². The molecule has 0 saturated carbocycles. The molecule has 1 aromatic carbocycles. The molecule has 0 aliphatic heterocycles. The summed E-state index contributed by atoms with van der Waals surface area (Å²) in [6, 6.07) is 7.82. The number of nitrogens with zero attached hydrogens (tertiary/aromatic N) is 2. The summed E-state index contributed by atoms with van der Waals surface area (Å²) in [7, 11) is 0. The summed E-state index contributed by atoms with van der Waals surface area (Å²) < 4.78 is 28.4. The van der Waals surface area contributed by atoms with Crippen molar-refractivity contribution in [1.82, 2.24) is 4.57 Å². The number of hydrogen-bond acceptors (Lipinski definition) is 2. The van der Waals surface area contributed by atoms with E-state index in [1.54, 1.807) is 24.6 Å². The van der Waals surface area contributed by atoms with Gasteiger partial charge in [-0.3, -0.25) is 0 Å². The van der Waals surface area contributed by atoms with Gasteiger partial charge in [-0.15, -0.1) is 0 Å². The molecule has 0 spiro atoms. The Morgan fingerprint density at radius 3 is 2.64 bits per heavy atom. The van der Waals surface area contributed by atoms with E-state index in [2.05, 4.69) is 22.0 Å². The summed E-state index contributed by atoms with van der Waals surface area (Å²) in [4.78, 5) is 0. The lowest BCUT2D eigenvalue weighted by Gasteiger charge is -2.15. The third-order valence-corrected chi connectivity index (χ3v) is 4.31. The molecule has 118 valence electrons. The van der Waals surface area contributed by atoms with E-state index in [1.807, 2.05) is 18.2 Å². The van der Waals surface area contributed by atoms with Crippen molar-refractivity contribution >= 4 is 26.8 Å². The van der Waals surface area contributed by atoms with E-state index in [0.29, 0.717) is 0 Å². The first kappa shape index (κ1) is 16.9. The lowest BCUT2D eigenvalue weighted by atomic mass is 9.86. The van der Waals surface area contributed by atoms with Crippen LogP contribution in [0, 0.1) is 17.2 Å². The van der Waals surface area contributed by atoms with Crippen LogP contribution < -0.4 is 0 Å². The molecule has 2 aromatic rings. The normalized spacial score (nSPS) is 13.5. The zero-order valence-corrected chi connectivity index (χ0v) is 13.9. The van der Waals surface area contributed by atoms with Gasteiger partial charge in [0.1, 0.15) is 0 Å². The van der Waals surface area contributed by atoms with Gasteiger partial charge < -0.3 is 9.67 Å². The average Bonchev–Trinajstić information content (AvgIpc) is 2.83. The fraction of sp³-hybridized carbons (Fsp3) is 0.438. The number of rotatable bonds is 5. The van der Waals surface area contributed by atoms with Crippen molar-refractivity contribution in [3.63, 3.8) is 0 Å². The van der Waals surface area contributed by atoms with Gasteiger partial charge in [0.25, 0.3) is 0 Å². The molecular formula is C16H17BrF2N2O. The SMILES string of the molecule is CC(C)(C#N)c1cn(CC(CO)C(F)F)c2cc(Br)ccc12. The standard InChI is InChI=1S/C16H17BrF2N2O/c1-16(2,9-20)13-7-21(6-10(8-22)15(18)19)14-5-11(17)3-4-12(13)14/h3-5,7,10,15,22H,6,8H2,1-2H3. The zero-order chi connectivity index (χ0) is 16.5. The smallest absolute Gasteiger partial charge is 0.245 e. The maximum absolute atomic E-state index is 12.9. The fourth-order valence-electron chi connectivity index (χ4n) is 2.44. The predicted molar refractivity (Wildman–Crippen MR) is 84.9 cm³/mol. The molecule has 1 atom stereocenters. The molecule has 0 bridgehead atoms. The molecule has 1 heterocycles. The Morgan fingerprint density at radius 1 is 1.41 bits per heavy atom. The number of benzene rings is 1. The van der Waals surface area contributed by atoms with E-state index in [4.69, 9.17) is 5.11 Å². The Kier molecular flexibility index (Phi) is 4.88. The molecule has 0 amide bonds. The molecule has 0 fully saturated rings. The Morgan fingerprint density at radius 2 is 2.09 bits per heavy atom. The molecule has 1 N–H and O–H groups in total. The van der Waals surface area contributed by atoms with Gasteiger partial charge in [-0.25, -0.2) is 8.78 Å². The van der Waals surface area contributed by atoms with Gasteiger partial charge in [0.15, 0.2) is 0 Å². The van der Waals surface area contributed by atoms with Gasteiger partial charge in [-0.2, -0.15) is 5.26 Å². The van der Waals surface area contributed by atoms with E-state index in [1.165, 1.54) is 0 Å². The second-order valence-corrected chi connectivity index (χ2v) is 6.79. The van der Waals surface area contributed by atoms with Crippen LogP contribution in [0.15, 0.2) is 28.9 Å².